The van der Waals surface area contributed by atoms with Gasteiger partial charge in [-0.3, -0.25) is 4.98 Å². The van der Waals surface area contributed by atoms with Crippen LogP contribution < -0.4 is 4.72 Å². The van der Waals surface area contributed by atoms with Crippen LogP contribution in [0.5, 0.6) is 0 Å². The third-order valence-corrected chi connectivity index (χ3v) is 5.29. The minimum atomic E-state index is -3.82. The first kappa shape index (κ1) is 16.4. The topological polar surface area (TPSA) is 85.1 Å². The van der Waals surface area contributed by atoms with Gasteiger partial charge in [-0.05, 0) is 31.5 Å². The van der Waals surface area contributed by atoms with Crippen LogP contribution >= 0.6 is 0 Å². The van der Waals surface area contributed by atoms with E-state index in [9.17, 15) is 8.42 Å². The molecule has 3 aromatic rings. The maximum atomic E-state index is 12.9. The molecule has 0 fully saturated rings. The highest BCUT2D eigenvalue weighted by Gasteiger charge is 2.29. The van der Waals surface area contributed by atoms with Crippen LogP contribution in [0.4, 0.5) is 0 Å². The lowest BCUT2D eigenvalue weighted by atomic mass is 10.0. The molecule has 0 radical (unpaired) electrons. The van der Waals surface area contributed by atoms with Gasteiger partial charge in [-0.15, -0.1) is 0 Å². The molecule has 24 heavy (non-hydrogen) atoms. The Morgan fingerprint density at radius 1 is 1.04 bits per heavy atom. The van der Waals surface area contributed by atoms with Gasteiger partial charge in [0.2, 0.25) is 10.0 Å². The number of pyridine rings is 1. The molecule has 0 spiro atoms. The van der Waals surface area contributed by atoms with Crippen LogP contribution in [0, 0.1) is 13.8 Å². The van der Waals surface area contributed by atoms with E-state index in [4.69, 9.17) is 4.52 Å². The Morgan fingerprint density at radius 3 is 2.33 bits per heavy atom. The average molecular weight is 343 g/mol. The smallest absolute Gasteiger partial charge is 0.246 e. The zero-order valence-electron chi connectivity index (χ0n) is 13.3. The van der Waals surface area contributed by atoms with Crippen LogP contribution in [-0.2, 0) is 10.0 Å². The Hall–Kier alpha value is -2.51. The Morgan fingerprint density at radius 2 is 1.75 bits per heavy atom. The largest absolute Gasteiger partial charge is 0.360 e. The minimum absolute atomic E-state index is 0.0689. The van der Waals surface area contributed by atoms with Crippen molar-refractivity contribution in [1.82, 2.24) is 14.9 Å². The van der Waals surface area contributed by atoms with Crippen LogP contribution in [0.1, 0.15) is 28.8 Å². The molecule has 0 aliphatic rings. The molecule has 0 saturated heterocycles. The highest BCUT2D eigenvalue weighted by molar-refractivity contribution is 7.89. The van der Waals surface area contributed by atoms with Crippen LogP contribution in [0.15, 0.2) is 64.1 Å². The average Bonchev–Trinajstić information content (AvgIpc) is 2.94. The van der Waals surface area contributed by atoms with E-state index in [2.05, 4.69) is 14.9 Å². The second-order valence-electron chi connectivity index (χ2n) is 5.37. The Bertz CT molecular complexity index is 863. The molecule has 0 unspecified atom stereocenters. The van der Waals surface area contributed by atoms with Crippen LogP contribution in [0.25, 0.3) is 0 Å². The van der Waals surface area contributed by atoms with E-state index in [0.717, 1.165) is 5.56 Å². The summed E-state index contributed by atoms with van der Waals surface area (Å²) in [6, 6.07) is 14.1. The summed E-state index contributed by atoms with van der Waals surface area (Å²) < 4.78 is 33.4. The molecule has 1 atom stereocenters. The fourth-order valence-corrected chi connectivity index (χ4v) is 4.09. The second kappa shape index (κ2) is 6.54. The summed E-state index contributed by atoms with van der Waals surface area (Å²) in [7, 11) is -3.82. The van der Waals surface area contributed by atoms with Crippen LogP contribution in [-0.4, -0.2) is 18.6 Å². The first-order valence-corrected chi connectivity index (χ1v) is 8.88. The van der Waals surface area contributed by atoms with Crippen LogP contribution in [0.3, 0.4) is 0 Å². The van der Waals surface area contributed by atoms with E-state index < -0.39 is 16.1 Å². The van der Waals surface area contributed by atoms with Crippen molar-refractivity contribution < 1.29 is 12.9 Å². The molecule has 0 aliphatic heterocycles. The standard InChI is InChI=1S/C17H17N3O3S/c1-12-17(13(2)23-19-12)24(21,22)20-16(14-8-4-3-5-9-14)15-10-6-7-11-18-15/h3-11,16,20H,1-2H3/t16-/m1/s1. The predicted molar refractivity (Wildman–Crippen MR) is 88.8 cm³/mol. The van der Waals surface area contributed by atoms with E-state index in [0.29, 0.717) is 11.4 Å². The number of hydrogen-bond donors (Lipinski definition) is 1. The fourth-order valence-electron chi connectivity index (χ4n) is 2.56. The number of rotatable bonds is 5. The monoisotopic (exact) mass is 343 g/mol. The first-order chi connectivity index (χ1) is 11.5. The third kappa shape index (κ3) is 3.22. The van der Waals surface area contributed by atoms with Crippen molar-refractivity contribution in [2.75, 3.05) is 0 Å². The lowest BCUT2D eigenvalue weighted by molar-refractivity contribution is 0.390. The molecule has 1 N–H and O–H groups in total. The lowest BCUT2D eigenvalue weighted by Gasteiger charge is -2.18. The van der Waals surface area contributed by atoms with E-state index in [1.807, 2.05) is 36.4 Å². The number of nitrogens with zero attached hydrogens (tertiary/aromatic N) is 2. The summed E-state index contributed by atoms with van der Waals surface area (Å²) in [6.07, 6.45) is 1.63. The summed E-state index contributed by atoms with van der Waals surface area (Å²) in [5.74, 6) is 0.257. The first-order valence-electron chi connectivity index (χ1n) is 7.40. The normalized spacial score (nSPS) is 12.9. The number of hydrogen-bond acceptors (Lipinski definition) is 5. The van der Waals surface area contributed by atoms with E-state index in [1.54, 1.807) is 32.2 Å². The zero-order valence-corrected chi connectivity index (χ0v) is 14.1. The highest BCUT2D eigenvalue weighted by Crippen LogP contribution is 2.25. The number of aryl methyl sites for hydroxylation is 2. The highest BCUT2D eigenvalue weighted by atomic mass is 32.2. The van der Waals surface area contributed by atoms with Gasteiger partial charge in [-0.1, -0.05) is 41.6 Å². The van der Waals surface area contributed by atoms with Crippen molar-refractivity contribution in [3.05, 3.63) is 77.4 Å². The van der Waals surface area contributed by atoms with Gasteiger partial charge >= 0.3 is 0 Å². The number of sulfonamides is 1. The molecular weight excluding hydrogens is 326 g/mol. The second-order valence-corrected chi connectivity index (χ2v) is 7.02. The van der Waals surface area contributed by atoms with E-state index in [-0.39, 0.29) is 10.7 Å². The van der Waals surface area contributed by atoms with Gasteiger partial charge in [-0.25, -0.2) is 8.42 Å². The summed E-state index contributed by atoms with van der Waals surface area (Å²) in [5, 5.41) is 3.73. The van der Waals surface area contributed by atoms with Crippen molar-refractivity contribution in [2.24, 2.45) is 0 Å². The number of nitrogens with one attached hydrogen (secondary N) is 1. The van der Waals surface area contributed by atoms with E-state index >= 15 is 0 Å². The molecule has 2 aromatic heterocycles. The van der Waals surface area contributed by atoms with Gasteiger partial charge in [0.15, 0.2) is 5.76 Å². The maximum Gasteiger partial charge on any atom is 0.246 e. The Kier molecular flexibility index (Phi) is 4.46. The molecule has 0 saturated carbocycles. The number of benzene rings is 1. The quantitative estimate of drug-likeness (QED) is 0.770. The third-order valence-electron chi connectivity index (χ3n) is 3.63. The van der Waals surface area contributed by atoms with Gasteiger partial charge in [0.25, 0.3) is 0 Å². The van der Waals surface area contributed by atoms with Crippen molar-refractivity contribution >= 4 is 10.0 Å². The molecule has 6 nitrogen and oxygen atoms in total. The van der Waals surface area contributed by atoms with Crippen LogP contribution in [0.2, 0.25) is 0 Å². The summed E-state index contributed by atoms with van der Waals surface area (Å²) >= 11 is 0. The van der Waals surface area contributed by atoms with Crippen molar-refractivity contribution in [3.8, 4) is 0 Å². The van der Waals surface area contributed by atoms with Gasteiger partial charge in [0.1, 0.15) is 10.6 Å². The van der Waals surface area contributed by atoms with Gasteiger partial charge in [0, 0.05) is 6.20 Å². The predicted octanol–water partition coefficient (Wildman–Crippen LogP) is 2.75. The number of aromatic nitrogens is 2. The summed E-state index contributed by atoms with van der Waals surface area (Å²) in [4.78, 5) is 4.37. The minimum Gasteiger partial charge on any atom is -0.360 e. The Balaban J connectivity index is 2.05. The molecule has 3 rings (SSSR count). The SMILES string of the molecule is Cc1noc(C)c1S(=O)(=O)N[C@H](c1ccccc1)c1ccccn1. The molecule has 7 heteroatoms. The maximum absolute atomic E-state index is 12.9. The molecule has 0 aliphatic carbocycles. The molecule has 1 aromatic carbocycles. The zero-order chi connectivity index (χ0) is 17.2. The molecule has 0 amide bonds. The van der Waals surface area contributed by atoms with E-state index in [1.165, 1.54) is 0 Å². The van der Waals surface area contributed by atoms with Crippen molar-refractivity contribution in [1.29, 1.82) is 0 Å². The lowest BCUT2D eigenvalue weighted by Crippen LogP contribution is -2.30. The van der Waals surface area contributed by atoms with Gasteiger partial charge < -0.3 is 4.52 Å². The van der Waals surface area contributed by atoms with Crippen molar-refractivity contribution in [2.45, 2.75) is 24.8 Å². The van der Waals surface area contributed by atoms with Crippen molar-refractivity contribution in [3.63, 3.8) is 0 Å². The Labute approximate surface area is 140 Å². The fraction of sp³-hybridized carbons (Fsp3) is 0.176. The molecule has 2 heterocycles. The molecule has 124 valence electrons. The molecule has 0 bridgehead atoms. The van der Waals surface area contributed by atoms with Gasteiger partial charge in [-0.2, -0.15) is 4.72 Å². The van der Waals surface area contributed by atoms with Gasteiger partial charge in [0.05, 0.1) is 11.7 Å². The summed E-state index contributed by atoms with van der Waals surface area (Å²) in [6.45, 7) is 3.18. The molecular formula is C17H17N3O3S. The summed E-state index contributed by atoms with van der Waals surface area (Å²) in [5.41, 5.74) is 1.73.